The van der Waals surface area contributed by atoms with Crippen molar-refractivity contribution < 1.29 is 14.4 Å². The van der Waals surface area contributed by atoms with E-state index in [1.165, 1.54) is 0 Å². The van der Waals surface area contributed by atoms with Crippen LogP contribution in [0.2, 0.25) is 0 Å². The quantitative estimate of drug-likeness (QED) is 0.290. The third-order valence-electron chi connectivity index (χ3n) is 6.87. The lowest BCUT2D eigenvalue weighted by Gasteiger charge is -2.27. The second kappa shape index (κ2) is 12.6. The first-order chi connectivity index (χ1) is 19.0. The summed E-state index contributed by atoms with van der Waals surface area (Å²) in [4.78, 5) is 40.7. The highest BCUT2D eigenvalue weighted by atomic mass is 32.2. The molecule has 0 saturated carbocycles. The molecule has 6 N–H and O–H groups in total. The average Bonchev–Trinajstić information content (AvgIpc) is 3.03. The summed E-state index contributed by atoms with van der Waals surface area (Å²) < 4.78 is 0. The second-order valence-corrected chi connectivity index (χ2v) is 11.7. The van der Waals surface area contributed by atoms with Gasteiger partial charge in [0.15, 0.2) is 0 Å². The highest BCUT2D eigenvalue weighted by Gasteiger charge is 2.32. The molecule has 1 aliphatic rings. The molecule has 1 heterocycles. The third-order valence-corrected chi connectivity index (χ3v) is 7.60. The molecule has 9 heteroatoms. The Hall–Kier alpha value is -3.82. The zero-order chi connectivity index (χ0) is 28.9. The molecule has 0 saturated heterocycles. The maximum absolute atomic E-state index is 13.9. The predicted octanol–water partition coefficient (Wildman–Crippen LogP) is 4.34. The van der Waals surface area contributed by atoms with Gasteiger partial charge in [0.2, 0.25) is 11.8 Å². The van der Waals surface area contributed by atoms with E-state index in [2.05, 4.69) is 16.7 Å². The molecule has 3 aromatic rings. The van der Waals surface area contributed by atoms with Gasteiger partial charge in [0, 0.05) is 29.1 Å². The lowest BCUT2D eigenvalue weighted by Crippen LogP contribution is -2.49. The van der Waals surface area contributed by atoms with E-state index in [1.807, 2.05) is 66.9 Å². The van der Waals surface area contributed by atoms with Crippen LogP contribution in [-0.4, -0.2) is 35.7 Å². The molecule has 1 aliphatic heterocycles. The number of aryl methyl sites for hydroxylation is 1. The summed E-state index contributed by atoms with van der Waals surface area (Å²) in [7, 11) is 0. The Labute approximate surface area is 239 Å². The minimum Gasteiger partial charge on any atom is -0.352 e. The van der Waals surface area contributed by atoms with Gasteiger partial charge in [-0.15, -0.1) is 11.8 Å². The van der Waals surface area contributed by atoms with Crippen LogP contribution in [0.25, 0.3) is 11.1 Å². The predicted molar refractivity (Wildman–Crippen MR) is 161 cm³/mol. The standard InChI is InChI=1S/C31H37N5O3S/c1-31(2,33)17-28(37)35-26-14-12-22-16-24(40-3)13-15-27(22)36(29(26)38)19-20-8-10-21(11-9-20)25-7-5-4-6-23(25)18-34-30(32)39/h4-11,13,15-16,26H,12,14,17-19,33H2,1-3H3,(H,35,37)(H3,32,34,39)/t26-/m1/s1. The van der Waals surface area contributed by atoms with Crippen molar-refractivity contribution in [1.29, 1.82) is 0 Å². The number of anilines is 1. The number of rotatable bonds is 9. The van der Waals surface area contributed by atoms with Crippen LogP contribution in [-0.2, 0) is 29.1 Å². The SMILES string of the molecule is CSc1ccc2c(c1)CC[C@@H](NC(=O)CC(C)(C)N)C(=O)N2Cc1ccc(-c2ccccc2CNC(N)=O)cc1. The number of nitrogens with one attached hydrogen (secondary N) is 2. The molecular weight excluding hydrogens is 522 g/mol. The van der Waals surface area contributed by atoms with Gasteiger partial charge in [-0.25, -0.2) is 4.79 Å². The highest BCUT2D eigenvalue weighted by molar-refractivity contribution is 7.98. The number of nitrogens with zero attached hydrogens (tertiary/aromatic N) is 1. The minimum atomic E-state index is -0.663. The van der Waals surface area contributed by atoms with E-state index >= 15 is 0 Å². The van der Waals surface area contributed by atoms with Crippen molar-refractivity contribution in [2.45, 2.75) is 62.7 Å². The number of carbonyl (C=O) groups excluding carboxylic acids is 3. The van der Waals surface area contributed by atoms with E-state index in [1.54, 1.807) is 30.5 Å². The Morgan fingerprint density at radius 3 is 2.48 bits per heavy atom. The first-order valence-corrected chi connectivity index (χ1v) is 14.5. The Morgan fingerprint density at radius 1 is 1.07 bits per heavy atom. The summed E-state index contributed by atoms with van der Waals surface area (Å²) in [6, 6.07) is 20.8. The molecule has 4 amide bonds. The molecule has 0 fully saturated rings. The molecule has 4 rings (SSSR count). The van der Waals surface area contributed by atoms with E-state index in [4.69, 9.17) is 11.5 Å². The monoisotopic (exact) mass is 559 g/mol. The van der Waals surface area contributed by atoms with Gasteiger partial charge >= 0.3 is 6.03 Å². The summed E-state index contributed by atoms with van der Waals surface area (Å²) >= 11 is 1.66. The van der Waals surface area contributed by atoms with Gasteiger partial charge in [-0.2, -0.15) is 0 Å². The normalized spacial score (nSPS) is 15.2. The molecule has 8 nitrogen and oxygen atoms in total. The van der Waals surface area contributed by atoms with Crippen molar-refractivity contribution in [3.05, 3.63) is 83.4 Å². The first kappa shape index (κ1) is 29.2. The molecule has 3 aromatic carbocycles. The number of amides is 4. The number of fused-ring (bicyclic) bond motifs is 1. The summed E-state index contributed by atoms with van der Waals surface area (Å²) in [5, 5.41) is 5.60. The van der Waals surface area contributed by atoms with Gasteiger partial charge in [0.1, 0.15) is 6.04 Å². The second-order valence-electron chi connectivity index (χ2n) is 10.8. The summed E-state index contributed by atoms with van der Waals surface area (Å²) in [6.07, 6.45) is 3.37. The number of urea groups is 1. The molecule has 1 atom stereocenters. The van der Waals surface area contributed by atoms with Gasteiger partial charge in [-0.3, -0.25) is 9.59 Å². The number of carbonyl (C=O) groups is 3. The van der Waals surface area contributed by atoms with Crippen molar-refractivity contribution in [2.75, 3.05) is 11.2 Å². The highest BCUT2D eigenvalue weighted by Crippen LogP contribution is 2.32. The topological polar surface area (TPSA) is 131 Å². The van der Waals surface area contributed by atoms with Crippen LogP contribution >= 0.6 is 11.8 Å². The number of hydrogen-bond donors (Lipinski definition) is 4. The largest absolute Gasteiger partial charge is 0.352 e. The van der Waals surface area contributed by atoms with Crippen LogP contribution in [0.4, 0.5) is 10.5 Å². The van der Waals surface area contributed by atoms with E-state index in [9.17, 15) is 14.4 Å². The zero-order valence-electron chi connectivity index (χ0n) is 23.2. The Kier molecular flexibility index (Phi) is 9.17. The number of benzene rings is 3. The molecule has 0 unspecified atom stereocenters. The fraction of sp³-hybridized carbons (Fsp3) is 0.323. The van der Waals surface area contributed by atoms with E-state index < -0.39 is 17.6 Å². The number of hydrogen-bond acceptors (Lipinski definition) is 5. The maximum Gasteiger partial charge on any atom is 0.312 e. The summed E-state index contributed by atoms with van der Waals surface area (Å²) in [5.74, 6) is -0.360. The van der Waals surface area contributed by atoms with Crippen LogP contribution in [0.15, 0.2) is 71.6 Å². The Morgan fingerprint density at radius 2 is 1.80 bits per heavy atom. The molecule has 0 bridgehead atoms. The number of primary amides is 1. The minimum absolute atomic E-state index is 0.134. The van der Waals surface area contributed by atoms with Gasteiger partial charge in [-0.05, 0) is 79.0 Å². The van der Waals surface area contributed by atoms with Crippen LogP contribution < -0.4 is 27.0 Å². The molecule has 0 radical (unpaired) electrons. The number of nitrogens with two attached hydrogens (primary N) is 2. The van der Waals surface area contributed by atoms with Crippen molar-refractivity contribution in [3.8, 4) is 11.1 Å². The van der Waals surface area contributed by atoms with Crippen molar-refractivity contribution in [1.82, 2.24) is 10.6 Å². The van der Waals surface area contributed by atoms with E-state index in [0.717, 1.165) is 38.4 Å². The molecule has 210 valence electrons. The average molecular weight is 560 g/mol. The molecule has 40 heavy (non-hydrogen) atoms. The van der Waals surface area contributed by atoms with Crippen molar-refractivity contribution in [3.63, 3.8) is 0 Å². The fourth-order valence-corrected chi connectivity index (χ4v) is 5.41. The molecule has 0 aromatic heterocycles. The molecule has 0 spiro atoms. The molecular formula is C31H37N5O3S. The zero-order valence-corrected chi connectivity index (χ0v) is 24.0. The Balaban J connectivity index is 1.60. The van der Waals surface area contributed by atoms with Crippen LogP contribution in [0.5, 0.6) is 0 Å². The van der Waals surface area contributed by atoms with E-state index in [-0.39, 0.29) is 18.2 Å². The van der Waals surface area contributed by atoms with Crippen LogP contribution in [0.3, 0.4) is 0 Å². The van der Waals surface area contributed by atoms with Gasteiger partial charge in [0.05, 0.1) is 6.54 Å². The van der Waals surface area contributed by atoms with Crippen LogP contribution in [0.1, 0.15) is 43.4 Å². The van der Waals surface area contributed by atoms with Gasteiger partial charge in [0.25, 0.3) is 0 Å². The number of thioether (sulfide) groups is 1. The van der Waals surface area contributed by atoms with Gasteiger partial charge < -0.3 is 27.0 Å². The lowest BCUT2D eigenvalue weighted by molar-refractivity contribution is -0.128. The van der Waals surface area contributed by atoms with Crippen molar-refractivity contribution >= 4 is 35.3 Å². The first-order valence-electron chi connectivity index (χ1n) is 13.3. The summed E-state index contributed by atoms with van der Waals surface area (Å²) in [5.41, 5.74) is 16.5. The molecule has 0 aliphatic carbocycles. The third kappa shape index (κ3) is 7.43. The van der Waals surface area contributed by atoms with E-state index in [0.29, 0.717) is 25.9 Å². The van der Waals surface area contributed by atoms with Gasteiger partial charge in [-0.1, -0.05) is 48.5 Å². The lowest BCUT2D eigenvalue weighted by atomic mass is 9.98. The fourth-order valence-electron chi connectivity index (χ4n) is 4.95. The summed E-state index contributed by atoms with van der Waals surface area (Å²) in [6.45, 7) is 4.29. The Bertz CT molecular complexity index is 1380. The van der Waals surface area contributed by atoms with Crippen molar-refractivity contribution in [2.24, 2.45) is 11.5 Å². The van der Waals surface area contributed by atoms with Crippen LogP contribution in [0, 0.1) is 0 Å². The maximum atomic E-state index is 13.9. The smallest absolute Gasteiger partial charge is 0.312 e.